The average Bonchev–Trinajstić information content (AvgIpc) is 2.34. The summed E-state index contributed by atoms with van der Waals surface area (Å²) in [7, 11) is 0. The Morgan fingerprint density at radius 3 is 2.63 bits per heavy atom. The summed E-state index contributed by atoms with van der Waals surface area (Å²) in [4.78, 5) is 0. The van der Waals surface area contributed by atoms with E-state index in [-0.39, 0.29) is 5.41 Å². The lowest BCUT2D eigenvalue weighted by molar-refractivity contribution is 0.206. The summed E-state index contributed by atoms with van der Waals surface area (Å²) >= 11 is 0. The molecule has 1 aliphatic carbocycles. The number of hydrogen-bond acceptors (Lipinski definition) is 2. The standard InChI is InChI=1S/C17H24N2/c1-13(2)15-6-5-14(3)16(9-15)10-19-12-17(11-18)7-4-8-17/h5-6,9,13,19H,4,7-8,10,12H2,1-3H3. The minimum atomic E-state index is -0.0798. The van der Waals surface area contributed by atoms with Crippen molar-refractivity contribution in [1.29, 1.82) is 5.26 Å². The molecule has 0 spiro atoms. The summed E-state index contributed by atoms with van der Waals surface area (Å²) in [6.07, 6.45) is 3.32. The number of nitriles is 1. The predicted molar refractivity (Wildman–Crippen MR) is 78.9 cm³/mol. The molecule has 2 heteroatoms. The fourth-order valence-electron chi connectivity index (χ4n) is 2.61. The van der Waals surface area contributed by atoms with Crippen molar-refractivity contribution in [2.24, 2.45) is 5.41 Å². The molecule has 1 saturated carbocycles. The molecule has 0 saturated heterocycles. The van der Waals surface area contributed by atoms with Crippen LogP contribution in [-0.2, 0) is 6.54 Å². The van der Waals surface area contributed by atoms with Gasteiger partial charge in [-0.05, 0) is 42.4 Å². The van der Waals surface area contributed by atoms with Gasteiger partial charge in [-0.1, -0.05) is 38.5 Å². The van der Waals surface area contributed by atoms with Gasteiger partial charge in [0.25, 0.3) is 0 Å². The van der Waals surface area contributed by atoms with E-state index in [2.05, 4.69) is 50.4 Å². The van der Waals surface area contributed by atoms with E-state index in [0.717, 1.165) is 25.9 Å². The van der Waals surface area contributed by atoms with Crippen LogP contribution in [0.15, 0.2) is 18.2 Å². The zero-order chi connectivity index (χ0) is 13.9. The fourth-order valence-corrected chi connectivity index (χ4v) is 2.61. The van der Waals surface area contributed by atoms with Gasteiger partial charge in [0.1, 0.15) is 0 Å². The molecule has 1 aromatic carbocycles. The third-order valence-electron chi connectivity index (χ3n) is 4.37. The molecule has 1 N–H and O–H groups in total. The first-order valence-electron chi connectivity index (χ1n) is 7.28. The second-order valence-electron chi connectivity index (χ2n) is 6.19. The van der Waals surface area contributed by atoms with Crippen molar-refractivity contribution in [1.82, 2.24) is 5.32 Å². The Bertz CT molecular complexity index is 479. The van der Waals surface area contributed by atoms with E-state index in [0.29, 0.717) is 5.92 Å². The summed E-state index contributed by atoms with van der Waals surface area (Å²) in [5.74, 6) is 0.566. The van der Waals surface area contributed by atoms with Gasteiger partial charge >= 0.3 is 0 Å². The van der Waals surface area contributed by atoms with Gasteiger partial charge in [0, 0.05) is 13.1 Å². The van der Waals surface area contributed by atoms with Crippen LogP contribution in [0, 0.1) is 23.7 Å². The minimum Gasteiger partial charge on any atom is -0.311 e. The first kappa shape index (κ1) is 14.1. The molecule has 1 fully saturated rings. The number of rotatable bonds is 5. The first-order valence-corrected chi connectivity index (χ1v) is 7.28. The van der Waals surface area contributed by atoms with E-state index in [4.69, 9.17) is 0 Å². The second-order valence-corrected chi connectivity index (χ2v) is 6.19. The van der Waals surface area contributed by atoms with Gasteiger partial charge in [-0.2, -0.15) is 5.26 Å². The van der Waals surface area contributed by atoms with Crippen LogP contribution in [0.3, 0.4) is 0 Å². The zero-order valence-corrected chi connectivity index (χ0v) is 12.3. The highest BCUT2D eigenvalue weighted by Gasteiger charge is 2.36. The maximum Gasteiger partial charge on any atom is 0.0703 e. The number of benzene rings is 1. The molecule has 1 aromatic rings. The Morgan fingerprint density at radius 2 is 2.11 bits per heavy atom. The fraction of sp³-hybridized carbons (Fsp3) is 0.588. The zero-order valence-electron chi connectivity index (χ0n) is 12.3. The van der Waals surface area contributed by atoms with Crippen LogP contribution in [-0.4, -0.2) is 6.54 Å². The van der Waals surface area contributed by atoms with Crippen molar-refractivity contribution >= 4 is 0 Å². The maximum absolute atomic E-state index is 9.22. The van der Waals surface area contributed by atoms with Gasteiger partial charge < -0.3 is 5.32 Å². The molecule has 1 aliphatic rings. The molecule has 19 heavy (non-hydrogen) atoms. The lowest BCUT2D eigenvalue weighted by Crippen LogP contribution is -2.38. The van der Waals surface area contributed by atoms with E-state index in [9.17, 15) is 5.26 Å². The molecule has 0 unspecified atom stereocenters. The average molecular weight is 256 g/mol. The third kappa shape index (κ3) is 3.16. The first-order chi connectivity index (χ1) is 9.06. The summed E-state index contributed by atoms with van der Waals surface area (Å²) in [6.45, 7) is 8.30. The Labute approximate surface area is 116 Å². The Balaban J connectivity index is 1.96. The van der Waals surface area contributed by atoms with Crippen LogP contribution >= 0.6 is 0 Å². The van der Waals surface area contributed by atoms with Crippen LogP contribution in [0.2, 0.25) is 0 Å². The normalized spacial score (nSPS) is 17.0. The Kier molecular flexibility index (Phi) is 4.27. The molecule has 2 rings (SSSR count). The molecule has 0 aliphatic heterocycles. The number of nitrogens with zero attached hydrogens (tertiary/aromatic N) is 1. The molecule has 0 amide bonds. The quantitative estimate of drug-likeness (QED) is 0.867. The number of aryl methyl sites for hydroxylation is 1. The molecular formula is C17H24N2. The summed E-state index contributed by atoms with van der Waals surface area (Å²) in [5, 5.41) is 12.7. The van der Waals surface area contributed by atoms with Crippen molar-refractivity contribution in [3.05, 3.63) is 34.9 Å². The van der Waals surface area contributed by atoms with Gasteiger partial charge in [-0.15, -0.1) is 0 Å². The van der Waals surface area contributed by atoms with Gasteiger partial charge in [-0.3, -0.25) is 0 Å². The topological polar surface area (TPSA) is 35.8 Å². The predicted octanol–water partition coefficient (Wildman–Crippen LogP) is 3.90. The van der Waals surface area contributed by atoms with Gasteiger partial charge in [0.15, 0.2) is 0 Å². The highest BCUT2D eigenvalue weighted by Crippen LogP contribution is 2.39. The van der Waals surface area contributed by atoms with E-state index < -0.39 is 0 Å². The molecular weight excluding hydrogens is 232 g/mol. The van der Waals surface area contributed by atoms with E-state index in [1.165, 1.54) is 23.1 Å². The summed E-state index contributed by atoms with van der Waals surface area (Å²) < 4.78 is 0. The smallest absolute Gasteiger partial charge is 0.0703 e. The monoisotopic (exact) mass is 256 g/mol. The minimum absolute atomic E-state index is 0.0798. The van der Waals surface area contributed by atoms with E-state index in [1.54, 1.807) is 0 Å². The highest BCUT2D eigenvalue weighted by atomic mass is 14.9. The molecule has 0 bridgehead atoms. The van der Waals surface area contributed by atoms with Crippen LogP contribution in [0.25, 0.3) is 0 Å². The highest BCUT2D eigenvalue weighted by molar-refractivity contribution is 5.32. The van der Waals surface area contributed by atoms with Crippen LogP contribution in [0.1, 0.15) is 55.7 Å². The van der Waals surface area contributed by atoms with E-state index in [1.807, 2.05) is 0 Å². The van der Waals surface area contributed by atoms with Crippen molar-refractivity contribution in [2.45, 2.75) is 52.5 Å². The van der Waals surface area contributed by atoms with Crippen molar-refractivity contribution in [3.8, 4) is 6.07 Å². The SMILES string of the molecule is Cc1ccc(C(C)C)cc1CNCC1(C#N)CCC1. The van der Waals surface area contributed by atoms with Crippen LogP contribution < -0.4 is 5.32 Å². The van der Waals surface area contributed by atoms with Crippen molar-refractivity contribution < 1.29 is 0 Å². The number of nitrogens with one attached hydrogen (secondary N) is 1. The van der Waals surface area contributed by atoms with Crippen LogP contribution in [0.4, 0.5) is 0 Å². The largest absolute Gasteiger partial charge is 0.311 e. The second kappa shape index (κ2) is 5.75. The molecule has 0 radical (unpaired) electrons. The van der Waals surface area contributed by atoms with Crippen LogP contribution in [0.5, 0.6) is 0 Å². The molecule has 2 nitrogen and oxygen atoms in total. The summed E-state index contributed by atoms with van der Waals surface area (Å²) in [5.41, 5.74) is 4.00. The third-order valence-corrected chi connectivity index (χ3v) is 4.37. The van der Waals surface area contributed by atoms with Gasteiger partial charge in [-0.25, -0.2) is 0 Å². The van der Waals surface area contributed by atoms with Crippen molar-refractivity contribution in [3.63, 3.8) is 0 Å². The molecule has 0 aromatic heterocycles. The lowest BCUT2D eigenvalue weighted by atomic mass is 9.70. The van der Waals surface area contributed by atoms with Gasteiger partial charge in [0.2, 0.25) is 0 Å². The van der Waals surface area contributed by atoms with Gasteiger partial charge in [0.05, 0.1) is 11.5 Å². The summed E-state index contributed by atoms with van der Waals surface area (Å²) in [6, 6.07) is 9.20. The maximum atomic E-state index is 9.22. The molecule has 0 heterocycles. The molecule has 0 atom stereocenters. The van der Waals surface area contributed by atoms with E-state index >= 15 is 0 Å². The molecule has 102 valence electrons. The Hall–Kier alpha value is -1.33. The lowest BCUT2D eigenvalue weighted by Gasteiger charge is -2.35. The Morgan fingerprint density at radius 1 is 1.37 bits per heavy atom. The van der Waals surface area contributed by atoms with Crippen molar-refractivity contribution in [2.75, 3.05) is 6.54 Å². The number of hydrogen-bond donors (Lipinski definition) is 1.